The maximum Gasteiger partial charge on any atom is 0.306 e. The molecule has 0 aromatic heterocycles. The molecule has 126 valence electrons. The zero-order valence-electron chi connectivity index (χ0n) is 13.5. The van der Waals surface area contributed by atoms with E-state index >= 15 is 0 Å². The Balaban J connectivity index is -0.000000295. The summed E-state index contributed by atoms with van der Waals surface area (Å²) in [7, 11) is 0. The predicted octanol–water partition coefficient (Wildman–Crippen LogP) is 3.39. The van der Waals surface area contributed by atoms with Gasteiger partial charge in [0.25, 0.3) is 0 Å². The number of unbranched alkanes of at least 4 members (excludes halogenated alkanes) is 2. The van der Waals surface area contributed by atoms with E-state index in [1.165, 1.54) is 0 Å². The van der Waals surface area contributed by atoms with Gasteiger partial charge in [0.05, 0.1) is 11.8 Å². The van der Waals surface area contributed by atoms with Crippen LogP contribution in [0.4, 0.5) is 0 Å². The number of hydrogen-bond acceptors (Lipinski definition) is 2. The van der Waals surface area contributed by atoms with Gasteiger partial charge < -0.3 is 10.2 Å². The zero-order valence-corrected chi connectivity index (χ0v) is 13.5. The molecule has 0 heterocycles. The van der Waals surface area contributed by atoms with E-state index in [4.69, 9.17) is 10.2 Å². The van der Waals surface area contributed by atoms with Crippen molar-refractivity contribution in [2.24, 2.45) is 11.8 Å². The minimum Gasteiger partial charge on any atom is -0.481 e. The second-order valence-corrected chi connectivity index (χ2v) is 5.17. The highest BCUT2D eigenvalue weighted by Crippen LogP contribution is 2.12. The summed E-state index contributed by atoms with van der Waals surface area (Å²) in [6.45, 7) is 8.01. The van der Waals surface area contributed by atoms with Crippen LogP contribution in [0, 0.1) is 11.8 Å². The Morgan fingerprint density at radius 2 is 1.05 bits per heavy atom. The summed E-state index contributed by atoms with van der Waals surface area (Å²) in [5.74, 6) is -1.51. The second-order valence-electron chi connectivity index (χ2n) is 5.17. The summed E-state index contributed by atoms with van der Waals surface area (Å²) in [5.41, 5.74) is 0. The molecule has 0 aromatic rings. The van der Waals surface area contributed by atoms with Gasteiger partial charge in [0.2, 0.25) is 0 Å². The van der Waals surface area contributed by atoms with Crippen LogP contribution in [0.5, 0.6) is 0 Å². The smallest absolute Gasteiger partial charge is 0.306 e. The van der Waals surface area contributed by atoms with Crippen molar-refractivity contribution < 1.29 is 19.8 Å². The second kappa shape index (κ2) is 17.5. The van der Waals surface area contributed by atoms with Crippen molar-refractivity contribution in [1.29, 1.82) is 0 Å². The molecule has 5 heteroatoms. The topological polar surface area (TPSA) is 74.6 Å². The third kappa shape index (κ3) is 15.7. The third-order valence-corrected chi connectivity index (χ3v) is 3.50. The lowest BCUT2D eigenvalue weighted by atomic mass is 10.00. The molecule has 0 aromatic carbocycles. The molecule has 2 atom stereocenters. The largest absolute Gasteiger partial charge is 0.481 e. The van der Waals surface area contributed by atoms with Crippen molar-refractivity contribution in [3.8, 4) is 0 Å². The van der Waals surface area contributed by atoms with E-state index in [0.717, 1.165) is 51.4 Å². The monoisotopic (exact) mass is 318 g/mol. The molecule has 0 aliphatic heterocycles. The van der Waals surface area contributed by atoms with Gasteiger partial charge in [0.15, 0.2) is 17.4 Å². The van der Waals surface area contributed by atoms with Crippen molar-refractivity contribution in [1.82, 2.24) is 0 Å². The number of carboxylic acid groups (broad SMARTS) is 2. The highest BCUT2D eigenvalue weighted by atomic mass is 27.0. The van der Waals surface area contributed by atoms with Gasteiger partial charge in [-0.1, -0.05) is 53.4 Å². The van der Waals surface area contributed by atoms with Crippen LogP contribution in [0.25, 0.3) is 0 Å². The number of aliphatic carboxylic acids is 2. The van der Waals surface area contributed by atoms with Gasteiger partial charge in [0.1, 0.15) is 0 Å². The maximum atomic E-state index is 10.4. The van der Waals surface area contributed by atoms with Crippen molar-refractivity contribution in [3.05, 3.63) is 0 Å². The SMILES string of the molecule is CCCCC(CC)C(=O)O.CCCCC(CC)C(=O)O.[AlH3]. The molecule has 0 aliphatic carbocycles. The van der Waals surface area contributed by atoms with Crippen LogP contribution in [-0.2, 0) is 9.59 Å². The number of hydrogen-bond donors (Lipinski definition) is 2. The Labute approximate surface area is 140 Å². The molecule has 0 bridgehead atoms. The summed E-state index contributed by atoms with van der Waals surface area (Å²) in [4.78, 5) is 20.9. The van der Waals surface area contributed by atoms with Crippen LogP contribution in [0.1, 0.15) is 79.1 Å². The molecule has 0 radical (unpaired) electrons. The molecule has 0 fully saturated rings. The van der Waals surface area contributed by atoms with Gasteiger partial charge in [-0.15, -0.1) is 0 Å². The van der Waals surface area contributed by atoms with Gasteiger partial charge in [-0.05, 0) is 25.7 Å². The highest BCUT2D eigenvalue weighted by molar-refractivity contribution is 5.75. The van der Waals surface area contributed by atoms with Crippen molar-refractivity contribution >= 4 is 29.3 Å². The molecule has 0 spiro atoms. The van der Waals surface area contributed by atoms with Crippen molar-refractivity contribution in [2.45, 2.75) is 79.1 Å². The fraction of sp³-hybridized carbons (Fsp3) is 0.875. The summed E-state index contributed by atoms with van der Waals surface area (Å²) in [6.07, 6.45) is 7.43. The molecule has 2 unspecified atom stereocenters. The van der Waals surface area contributed by atoms with E-state index in [2.05, 4.69) is 13.8 Å². The Morgan fingerprint density at radius 3 is 1.19 bits per heavy atom. The van der Waals surface area contributed by atoms with Crippen LogP contribution < -0.4 is 0 Å². The summed E-state index contributed by atoms with van der Waals surface area (Å²) in [5, 5.41) is 17.2. The average molecular weight is 318 g/mol. The van der Waals surface area contributed by atoms with Crippen molar-refractivity contribution in [2.75, 3.05) is 0 Å². The van der Waals surface area contributed by atoms with Gasteiger partial charge in [0, 0.05) is 0 Å². The molecule has 0 saturated carbocycles. The van der Waals surface area contributed by atoms with E-state index in [1.807, 2.05) is 13.8 Å². The first kappa shape index (κ1) is 25.4. The van der Waals surface area contributed by atoms with Crippen LogP contribution >= 0.6 is 0 Å². The van der Waals surface area contributed by atoms with Gasteiger partial charge >= 0.3 is 11.9 Å². The standard InChI is InChI=1S/2C8H16O2.Al.3H/c2*1-3-5-6-7(4-2)8(9)10;;;;/h2*7H,3-6H2,1-2H3,(H,9,10);;;;. The minimum absolute atomic E-state index is 0. The molecule has 21 heavy (non-hydrogen) atoms. The highest BCUT2D eigenvalue weighted by Gasteiger charge is 2.13. The van der Waals surface area contributed by atoms with E-state index in [1.54, 1.807) is 0 Å². The number of rotatable bonds is 10. The lowest BCUT2D eigenvalue weighted by molar-refractivity contribution is -0.143. The van der Waals surface area contributed by atoms with E-state index in [9.17, 15) is 9.59 Å². The maximum absolute atomic E-state index is 10.4. The molecule has 0 amide bonds. The van der Waals surface area contributed by atoms with Gasteiger partial charge in [-0.2, -0.15) is 0 Å². The normalized spacial score (nSPS) is 12.4. The summed E-state index contributed by atoms with van der Waals surface area (Å²) in [6, 6.07) is 0. The Kier molecular flexibility index (Phi) is 21.2. The third-order valence-electron chi connectivity index (χ3n) is 3.50. The fourth-order valence-electron chi connectivity index (χ4n) is 1.91. The van der Waals surface area contributed by atoms with Crippen LogP contribution in [-0.4, -0.2) is 39.5 Å². The molecule has 0 aliphatic rings. The van der Waals surface area contributed by atoms with E-state index in [-0.39, 0.29) is 29.2 Å². The van der Waals surface area contributed by atoms with Gasteiger partial charge in [-0.3, -0.25) is 9.59 Å². The Morgan fingerprint density at radius 1 is 0.762 bits per heavy atom. The summed E-state index contributed by atoms with van der Waals surface area (Å²) >= 11 is 0. The average Bonchev–Trinajstić information content (AvgIpc) is 2.40. The van der Waals surface area contributed by atoms with E-state index < -0.39 is 11.9 Å². The summed E-state index contributed by atoms with van der Waals surface area (Å²) < 4.78 is 0. The first-order valence-electron chi connectivity index (χ1n) is 7.89. The quantitative estimate of drug-likeness (QED) is 0.605. The predicted molar refractivity (Wildman–Crippen MR) is 91.8 cm³/mol. The van der Waals surface area contributed by atoms with Crippen molar-refractivity contribution in [3.63, 3.8) is 0 Å². The van der Waals surface area contributed by atoms with Crippen LogP contribution in [0.15, 0.2) is 0 Å². The lowest BCUT2D eigenvalue weighted by Gasteiger charge is -2.06. The molecular formula is C16H35AlO4. The van der Waals surface area contributed by atoms with E-state index in [0.29, 0.717) is 0 Å². The van der Waals surface area contributed by atoms with Crippen LogP contribution in [0.3, 0.4) is 0 Å². The fourth-order valence-corrected chi connectivity index (χ4v) is 1.91. The number of carboxylic acids is 2. The van der Waals surface area contributed by atoms with Crippen LogP contribution in [0.2, 0.25) is 0 Å². The first-order valence-corrected chi connectivity index (χ1v) is 7.89. The molecule has 0 rings (SSSR count). The Hall–Kier alpha value is -0.528. The minimum atomic E-state index is -0.643. The van der Waals surface area contributed by atoms with Gasteiger partial charge in [-0.25, -0.2) is 0 Å². The Bertz CT molecular complexity index is 231. The first-order chi connectivity index (χ1) is 9.44. The molecule has 4 nitrogen and oxygen atoms in total. The molecular weight excluding hydrogens is 283 g/mol. The number of carbonyl (C=O) groups is 2. The zero-order chi connectivity index (χ0) is 16.0. The lowest BCUT2D eigenvalue weighted by Crippen LogP contribution is -2.11. The molecule has 2 N–H and O–H groups in total. The molecule has 0 saturated heterocycles.